The van der Waals surface area contributed by atoms with Gasteiger partial charge in [0.05, 0.1) is 17.3 Å². The summed E-state index contributed by atoms with van der Waals surface area (Å²) in [7, 11) is 0. The molecule has 0 saturated carbocycles. The highest BCUT2D eigenvalue weighted by Gasteiger charge is 2.14. The number of hydrogen-bond acceptors (Lipinski definition) is 4. The molecule has 0 unspecified atom stereocenters. The van der Waals surface area contributed by atoms with Gasteiger partial charge in [0, 0.05) is 12.1 Å². The van der Waals surface area contributed by atoms with Crippen LogP contribution in [-0.2, 0) is 0 Å². The van der Waals surface area contributed by atoms with Crippen LogP contribution in [0.5, 0.6) is 0 Å². The Morgan fingerprint density at radius 1 is 1.15 bits per heavy atom. The van der Waals surface area contributed by atoms with Gasteiger partial charge in [-0.25, -0.2) is 13.2 Å². The van der Waals surface area contributed by atoms with E-state index in [1.165, 1.54) is 6.20 Å². The van der Waals surface area contributed by atoms with E-state index in [1.54, 1.807) is 0 Å². The zero-order chi connectivity index (χ0) is 14.3. The van der Waals surface area contributed by atoms with E-state index in [9.17, 15) is 13.2 Å². The van der Waals surface area contributed by atoms with Gasteiger partial charge >= 0.3 is 0 Å². The van der Waals surface area contributed by atoms with E-state index in [4.69, 9.17) is 11.6 Å². The van der Waals surface area contributed by atoms with E-state index in [-0.39, 0.29) is 11.1 Å². The number of H-pyrrole nitrogens is 1. The fraction of sp³-hybridized carbons (Fsp3) is 0. The van der Waals surface area contributed by atoms with Crippen molar-refractivity contribution in [1.29, 1.82) is 0 Å². The molecule has 0 fully saturated rings. The van der Waals surface area contributed by atoms with Crippen LogP contribution in [0.2, 0.25) is 5.28 Å². The minimum atomic E-state index is -1.31. The second-order valence-corrected chi connectivity index (χ2v) is 4.19. The van der Waals surface area contributed by atoms with Crippen molar-refractivity contribution in [3.63, 3.8) is 0 Å². The molecule has 20 heavy (non-hydrogen) atoms. The monoisotopic (exact) mass is 299 g/mol. The highest BCUT2D eigenvalue weighted by molar-refractivity contribution is 6.28. The minimum absolute atomic E-state index is 0.0812. The van der Waals surface area contributed by atoms with Crippen LogP contribution in [0.15, 0.2) is 18.3 Å². The van der Waals surface area contributed by atoms with Gasteiger partial charge in [-0.3, -0.25) is 5.10 Å². The topological polar surface area (TPSA) is 66.5 Å². The van der Waals surface area contributed by atoms with Crippen LogP contribution in [0, 0.1) is 17.5 Å². The van der Waals surface area contributed by atoms with Gasteiger partial charge in [-0.1, -0.05) is 0 Å². The third kappa shape index (κ3) is 2.14. The van der Waals surface area contributed by atoms with Gasteiger partial charge in [-0.15, -0.1) is 0 Å². The number of halogens is 4. The summed E-state index contributed by atoms with van der Waals surface area (Å²) in [6.07, 6.45) is 1.38. The number of fused-ring (bicyclic) bond motifs is 1. The first kappa shape index (κ1) is 12.7. The third-order valence-electron chi connectivity index (χ3n) is 2.53. The van der Waals surface area contributed by atoms with Crippen molar-refractivity contribution in [1.82, 2.24) is 20.2 Å². The van der Waals surface area contributed by atoms with Crippen molar-refractivity contribution in [2.24, 2.45) is 0 Å². The molecule has 0 radical (unpaired) electrons. The maximum absolute atomic E-state index is 13.6. The lowest BCUT2D eigenvalue weighted by molar-refractivity contribution is 0.498. The standard InChI is InChI=1S/C11H5ClF3N5/c12-11-18-9(5-3-16-20-10(5)19-11)17-7-2-4(13)1-6(14)8(7)15/h1-3H,(H2,16,17,18,19,20). The molecule has 2 aromatic heterocycles. The van der Waals surface area contributed by atoms with Crippen LogP contribution in [-0.4, -0.2) is 20.2 Å². The summed E-state index contributed by atoms with van der Waals surface area (Å²) in [5.41, 5.74) is -0.0930. The molecule has 3 aromatic rings. The maximum Gasteiger partial charge on any atom is 0.226 e. The van der Waals surface area contributed by atoms with E-state index < -0.39 is 23.1 Å². The number of rotatable bonds is 2. The summed E-state index contributed by atoms with van der Waals surface area (Å²) in [5.74, 6) is -3.37. The van der Waals surface area contributed by atoms with Gasteiger partial charge in [0.2, 0.25) is 5.28 Å². The first-order chi connectivity index (χ1) is 9.54. The number of hydrogen-bond donors (Lipinski definition) is 2. The molecule has 0 aliphatic heterocycles. The van der Waals surface area contributed by atoms with E-state index in [0.717, 1.165) is 6.07 Å². The summed E-state index contributed by atoms with van der Waals surface area (Å²) in [6.45, 7) is 0. The van der Waals surface area contributed by atoms with Crippen LogP contribution < -0.4 is 5.32 Å². The molecule has 0 amide bonds. The molecule has 2 heterocycles. The Kier molecular flexibility index (Phi) is 2.94. The minimum Gasteiger partial charge on any atom is -0.337 e. The number of nitrogens with zero attached hydrogens (tertiary/aromatic N) is 3. The van der Waals surface area contributed by atoms with Crippen molar-refractivity contribution in [3.05, 3.63) is 41.1 Å². The van der Waals surface area contributed by atoms with E-state index in [2.05, 4.69) is 25.5 Å². The highest BCUT2D eigenvalue weighted by Crippen LogP contribution is 2.27. The smallest absolute Gasteiger partial charge is 0.226 e. The molecule has 3 rings (SSSR count). The fourth-order valence-electron chi connectivity index (χ4n) is 1.68. The van der Waals surface area contributed by atoms with Crippen LogP contribution >= 0.6 is 11.6 Å². The lowest BCUT2D eigenvalue weighted by Gasteiger charge is -2.08. The van der Waals surface area contributed by atoms with Gasteiger partial charge in [0.25, 0.3) is 0 Å². The molecular weight excluding hydrogens is 295 g/mol. The normalized spacial score (nSPS) is 11.0. The zero-order valence-corrected chi connectivity index (χ0v) is 10.3. The summed E-state index contributed by atoms with van der Waals surface area (Å²) < 4.78 is 39.9. The van der Waals surface area contributed by atoms with Gasteiger partial charge in [0.1, 0.15) is 11.6 Å². The molecular formula is C11H5ClF3N5. The molecule has 0 bridgehead atoms. The van der Waals surface area contributed by atoms with Crippen molar-refractivity contribution in [2.75, 3.05) is 5.32 Å². The SMILES string of the molecule is Fc1cc(F)c(F)c(Nc2nc(Cl)nc3[nH]ncc23)c1. The Bertz CT molecular complexity index is 804. The van der Waals surface area contributed by atoms with Crippen molar-refractivity contribution in [3.8, 4) is 0 Å². The summed E-state index contributed by atoms with van der Waals surface area (Å²) in [6, 6.07) is 1.25. The van der Waals surface area contributed by atoms with Crippen LogP contribution in [0.1, 0.15) is 0 Å². The molecule has 0 aliphatic carbocycles. The van der Waals surface area contributed by atoms with Gasteiger partial charge < -0.3 is 5.32 Å². The number of aromatic amines is 1. The van der Waals surface area contributed by atoms with Crippen LogP contribution in [0.25, 0.3) is 11.0 Å². The predicted octanol–water partition coefficient (Wildman–Crippen LogP) is 3.17. The first-order valence-corrected chi connectivity index (χ1v) is 5.70. The quantitative estimate of drug-likeness (QED) is 0.563. The molecule has 2 N–H and O–H groups in total. The molecule has 1 aromatic carbocycles. The van der Waals surface area contributed by atoms with Gasteiger partial charge in [0.15, 0.2) is 17.3 Å². The van der Waals surface area contributed by atoms with Crippen molar-refractivity contribution >= 4 is 34.1 Å². The van der Waals surface area contributed by atoms with Crippen molar-refractivity contribution in [2.45, 2.75) is 0 Å². The second-order valence-electron chi connectivity index (χ2n) is 3.85. The number of benzene rings is 1. The molecule has 0 aliphatic rings. The van der Waals surface area contributed by atoms with Crippen LogP contribution in [0.4, 0.5) is 24.7 Å². The van der Waals surface area contributed by atoms with Crippen LogP contribution in [0.3, 0.4) is 0 Å². The Morgan fingerprint density at radius 3 is 2.75 bits per heavy atom. The average Bonchev–Trinajstić information content (AvgIpc) is 2.83. The third-order valence-corrected chi connectivity index (χ3v) is 2.70. The Morgan fingerprint density at radius 2 is 1.95 bits per heavy atom. The van der Waals surface area contributed by atoms with E-state index >= 15 is 0 Å². The lowest BCUT2D eigenvalue weighted by Crippen LogP contribution is -2.01. The number of anilines is 2. The summed E-state index contributed by atoms with van der Waals surface area (Å²) in [4.78, 5) is 7.69. The molecule has 0 saturated heterocycles. The fourth-order valence-corrected chi connectivity index (χ4v) is 1.85. The van der Waals surface area contributed by atoms with Gasteiger partial charge in [-0.05, 0) is 11.6 Å². The zero-order valence-electron chi connectivity index (χ0n) is 9.59. The average molecular weight is 300 g/mol. The van der Waals surface area contributed by atoms with Gasteiger partial charge in [-0.2, -0.15) is 15.1 Å². The Labute approximate surface area is 114 Å². The summed E-state index contributed by atoms with van der Waals surface area (Å²) >= 11 is 5.70. The molecule has 9 heteroatoms. The molecule has 5 nitrogen and oxygen atoms in total. The number of nitrogens with one attached hydrogen (secondary N) is 2. The Balaban J connectivity index is 2.12. The molecule has 0 atom stereocenters. The first-order valence-electron chi connectivity index (χ1n) is 5.33. The summed E-state index contributed by atoms with van der Waals surface area (Å²) in [5, 5.41) is 9.04. The Hall–Kier alpha value is -2.35. The molecule has 0 spiro atoms. The predicted molar refractivity (Wildman–Crippen MR) is 66.3 cm³/mol. The maximum atomic E-state index is 13.6. The van der Waals surface area contributed by atoms with Crippen molar-refractivity contribution < 1.29 is 13.2 Å². The molecule has 102 valence electrons. The highest BCUT2D eigenvalue weighted by atomic mass is 35.5. The largest absolute Gasteiger partial charge is 0.337 e. The van der Waals surface area contributed by atoms with E-state index in [0.29, 0.717) is 17.1 Å². The number of aromatic nitrogens is 4. The van der Waals surface area contributed by atoms with E-state index in [1.807, 2.05) is 0 Å². The lowest BCUT2D eigenvalue weighted by atomic mass is 10.2. The second kappa shape index (κ2) is 4.64.